The van der Waals surface area contributed by atoms with Crippen LogP contribution in [0.3, 0.4) is 0 Å². The Morgan fingerprint density at radius 3 is 2.37 bits per heavy atom. The first-order chi connectivity index (χ1) is 8.91. The number of hydrogen-bond donors (Lipinski definition) is 2. The van der Waals surface area contributed by atoms with Gasteiger partial charge in [-0.05, 0) is 24.3 Å². The van der Waals surface area contributed by atoms with Crippen molar-refractivity contribution < 1.29 is 8.42 Å². The molecule has 0 aromatic heterocycles. The molecule has 0 saturated heterocycles. The lowest BCUT2D eigenvalue weighted by Gasteiger charge is -2.13. The van der Waals surface area contributed by atoms with Crippen molar-refractivity contribution in [3.8, 4) is 0 Å². The van der Waals surface area contributed by atoms with Crippen molar-refractivity contribution in [3.63, 3.8) is 0 Å². The van der Waals surface area contributed by atoms with Crippen LogP contribution in [-0.2, 0) is 10.0 Å². The van der Waals surface area contributed by atoms with Crippen LogP contribution in [0.5, 0.6) is 0 Å². The molecule has 0 amide bonds. The predicted molar refractivity (Wildman–Crippen MR) is 79.2 cm³/mol. The molecular weight excluding hydrogens is 260 g/mol. The van der Waals surface area contributed by atoms with E-state index in [0.29, 0.717) is 25.3 Å². The molecule has 0 aliphatic heterocycles. The summed E-state index contributed by atoms with van der Waals surface area (Å²) in [5.41, 5.74) is 7.04. The lowest BCUT2D eigenvalue weighted by Crippen LogP contribution is -2.29. The van der Waals surface area contributed by atoms with Crippen molar-refractivity contribution in [2.24, 2.45) is 11.7 Å². The third-order valence-electron chi connectivity index (χ3n) is 2.97. The molecule has 1 aromatic carbocycles. The summed E-state index contributed by atoms with van der Waals surface area (Å²) >= 11 is 0. The Hall–Kier alpha value is -0.910. The van der Waals surface area contributed by atoms with Gasteiger partial charge in [0.05, 0.1) is 5.75 Å². The van der Waals surface area contributed by atoms with Crippen LogP contribution in [0, 0.1) is 5.92 Å². The molecule has 0 aliphatic carbocycles. The predicted octanol–water partition coefficient (Wildman–Crippen LogP) is 2.04. The van der Waals surface area contributed by atoms with Crippen molar-refractivity contribution in [2.45, 2.75) is 32.7 Å². The Morgan fingerprint density at radius 1 is 1.16 bits per heavy atom. The largest absolute Gasteiger partial charge is 0.324 e. The average Bonchev–Trinajstić information content (AvgIpc) is 2.37. The molecule has 108 valence electrons. The van der Waals surface area contributed by atoms with E-state index >= 15 is 0 Å². The highest BCUT2D eigenvalue weighted by Gasteiger charge is 2.12. The SMILES string of the molecule is CC(C)CCS(=O)(=O)NCCC(N)c1ccccc1. The molecule has 19 heavy (non-hydrogen) atoms. The van der Waals surface area contributed by atoms with E-state index in [4.69, 9.17) is 5.73 Å². The molecule has 1 aromatic rings. The molecule has 0 saturated carbocycles. The number of nitrogens with one attached hydrogen (secondary N) is 1. The van der Waals surface area contributed by atoms with Gasteiger partial charge >= 0.3 is 0 Å². The minimum atomic E-state index is -3.16. The topological polar surface area (TPSA) is 72.2 Å². The normalized spacial score (nSPS) is 13.7. The highest BCUT2D eigenvalue weighted by molar-refractivity contribution is 7.89. The molecule has 0 aliphatic rings. The van der Waals surface area contributed by atoms with Crippen LogP contribution in [0.2, 0.25) is 0 Å². The molecular formula is C14H24N2O2S. The van der Waals surface area contributed by atoms with Gasteiger partial charge in [-0.25, -0.2) is 13.1 Å². The third kappa shape index (κ3) is 6.71. The van der Waals surface area contributed by atoms with Crippen LogP contribution >= 0.6 is 0 Å². The average molecular weight is 284 g/mol. The molecule has 0 spiro atoms. The number of nitrogens with two attached hydrogens (primary N) is 1. The summed E-state index contributed by atoms with van der Waals surface area (Å²) in [5, 5.41) is 0. The van der Waals surface area contributed by atoms with E-state index in [9.17, 15) is 8.42 Å². The van der Waals surface area contributed by atoms with Crippen molar-refractivity contribution in [2.75, 3.05) is 12.3 Å². The summed E-state index contributed by atoms with van der Waals surface area (Å²) in [7, 11) is -3.16. The quantitative estimate of drug-likeness (QED) is 0.767. The van der Waals surface area contributed by atoms with Crippen LogP contribution in [0.4, 0.5) is 0 Å². The van der Waals surface area contributed by atoms with Gasteiger partial charge in [0.15, 0.2) is 0 Å². The first-order valence-corrected chi connectivity index (χ1v) is 8.34. The van der Waals surface area contributed by atoms with Crippen LogP contribution in [-0.4, -0.2) is 20.7 Å². The lowest BCUT2D eigenvalue weighted by molar-refractivity contribution is 0.553. The summed E-state index contributed by atoms with van der Waals surface area (Å²) in [4.78, 5) is 0. The van der Waals surface area contributed by atoms with Gasteiger partial charge < -0.3 is 5.73 Å². The minimum absolute atomic E-state index is 0.131. The fourth-order valence-electron chi connectivity index (χ4n) is 1.70. The molecule has 1 unspecified atom stereocenters. The molecule has 4 nitrogen and oxygen atoms in total. The summed E-state index contributed by atoms with van der Waals surface area (Å²) < 4.78 is 26.0. The van der Waals surface area contributed by atoms with E-state index < -0.39 is 10.0 Å². The molecule has 0 radical (unpaired) electrons. The molecule has 1 rings (SSSR count). The van der Waals surface area contributed by atoms with E-state index in [0.717, 1.165) is 5.56 Å². The molecule has 5 heteroatoms. The second-order valence-electron chi connectivity index (χ2n) is 5.20. The number of rotatable bonds is 8. The molecule has 0 bridgehead atoms. The fraction of sp³-hybridized carbons (Fsp3) is 0.571. The second kappa shape index (κ2) is 7.62. The van der Waals surface area contributed by atoms with Crippen molar-refractivity contribution in [1.29, 1.82) is 0 Å². The van der Waals surface area contributed by atoms with Crippen LogP contribution in [0.25, 0.3) is 0 Å². The summed E-state index contributed by atoms with van der Waals surface area (Å²) in [6.45, 7) is 4.41. The van der Waals surface area contributed by atoms with E-state index in [-0.39, 0.29) is 11.8 Å². The Morgan fingerprint density at radius 2 is 1.79 bits per heavy atom. The van der Waals surface area contributed by atoms with E-state index in [2.05, 4.69) is 4.72 Å². The Balaban J connectivity index is 2.34. The van der Waals surface area contributed by atoms with Crippen molar-refractivity contribution in [3.05, 3.63) is 35.9 Å². The summed E-state index contributed by atoms with van der Waals surface area (Å²) in [6.07, 6.45) is 1.28. The number of hydrogen-bond acceptors (Lipinski definition) is 3. The Labute approximate surface area is 116 Å². The summed E-state index contributed by atoms with van der Waals surface area (Å²) in [5.74, 6) is 0.578. The highest BCUT2D eigenvalue weighted by Crippen LogP contribution is 2.12. The zero-order chi connectivity index (χ0) is 14.3. The van der Waals surface area contributed by atoms with Gasteiger partial charge in [0.2, 0.25) is 10.0 Å². The number of sulfonamides is 1. The van der Waals surface area contributed by atoms with Crippen molar-refractivity contribution in [1.82, 2.24) is 4.72 Å². The maximum Gasteiger partial charge on any atom is 0.211 e. The van der Waals surface area contributed by atoms with E-state index in [1.165, 1.54) is 0 Å². The van der Waals surface area contributed by atoms with E-state index in [1.54, 1.807) is 0 Å². The standard InChI is InChI=1S/C14H24N2O2S/c1-12(2)9-11-19(17,18)16-10-8-14(15)13-6-4-3-5-7-13/h3-7,12,14,16H,8-11,15H2,1-2H3. The van der Waals surface area contributed by atoms with E-state index in [1.807, 2.05) is 44.2 Å². The first kappa shape index (κ1) is 16.1. The van der Waals surface area contributed by atoms with Gasteiger partial charge in [0.25, 0.3) is 0 Å². The van der Waals surface area contributed by atoms with Gasteiger partial charge in [-0.3, -0.25) is 0 Å². The van der Waals surface area contributed by atoms with Gasteiger partial charge in [-0.1, -0.05) is 44.2 Å². The van der Waals surface area contributed by atoms with Gasteiger partial charge in [0.1, 0.15) is 0 Å². The van der Waals surface area contributed by atoms with Gasteiger partial charge in [-0.2, -0.15) is 0 Å². The summed E-state index contributed by atoms with van der Waals surface area (Å²) in [6, 6.07) is 9.58. The second-order valence-corrected chi connectivity index (χ2v) is 7.13. The maximum atomic E-state index is 11.7. The Kier molecular flexibility index (Phi) is 6.48. The van der Waals surface area contributed by atoms with Crippen LogP contribution < -0.4 is 10.5 Å². The Bertz CT molecular complexity index is 458. The highest BCUT2D eigenvalue weighted by atomic mass is 32.2. The minimum Gasteiger partial charge on any atom is -0.324 e. The molecule has 0 fully saturated rings. The smallest absolute Gasteiger partial charge is 0.211 e. The van der Waals surface area contributed by atoms with Crippen molar-refractivity contribution >= 4 is 10.0 Å². The zero-order valence-electron chi connectivity index (χ0n) is 11.7. The van der Waals surface area contributed by atoms with Gasteiger partial charge in [-0.15, -0.1) is 0 Å². The van der Waals surface area contributed by atoms with Gasteiger partial charge in [0, 0.05) is 12.6 Å². The molecule has 0 heterocycles. The van der Waals surface area contributed by atoms with Crippen LogP contribution in [0.1, 0.15) is 38.3 Å². The van der Waals surface area contributed by atoms with Crippen LogP contribution in [0.15, 0.2) is 30.3 Å². The first-order valence-electron chi connectivity index (χ1n) is 6.68. The molecule has 3 N–H and O–H groups in total. The zero-order valence-corrected chi connectivity index (χ0v) is 12.5. The lowest BCUT2D eigenvalue weighted by atomic mass is 10.1. The number of benzene rings is 1. The fourth-order valence-corrected chi connectivity index (χ4v) is 3.05. The monoisotopic (exact) mass is 284 g/mol. The third-order valence-corrected chi connectivity index (χ3v) is 4.39. The molecule has 1 atom stereocenters. The maximum absolute atomic E-state index is 11.7.